The number of thiophene rings is 1. The molecule has 0 atom stereocenters. The Morgan fingerprint density at radius 2 is 2.26 bits per heavy atom. The van der Waals surface area contributed by atoms with Crippen molar-refractivity contribution in [2.24, 2.45) is 11.1 Å². The lowest BCUT2D eigenvalue weighted by Crippen LogP contribution is -2.25. The number of nitroso groups, excluding NO2 is 1. The lowest BCUT2D eigenvalue weighted by molar-refractivity contribution is 0.0953. The van der Waals surface area contributed by atoms with Crippen LogP contribution >= 0.6 is 11.3 Å². The van der Waals surface area contributed by atoms with Crippen molar-refractivity contribution in [3.05, 3.63) is 33.5 Å². The molecule has 1 aliphatic carbocycles. The van der Waals surface area contributed by atoms with Gasteiger partial charge in [-0.05, 0) is 43.0 Å². The number of rotatable bonds is 4. The first kappa shape index (κ1) is 12.3. The topological polar surface area (TPSA) is 58.5 Å². The number of carbonyl (C=O) groups is 1. The molecule has 1 aromatic heterocycles. The van der Waals surface area contributed by atoms with E-state index in [1.807, 2.05) is 13.0 Å². The Morgan fingerprint density at radius 3 is 2.95 bits per heavy atom. The van der Waals surface area contributed by atoms with Gasteiger partial charge in [-0.3, -0.25) is 4.79 Å². The van der Waals surface area contributed by atoms with Crippen LogP contribution in [0.25, 0.3) is 10.1 Å². The van der Waals surface area contributed by atoms with Crippen molar-refractivity contribution in [3.8, 4) is 0 Å². The summed E-state index contributed by atoms with van der Waals surface area (Å²) in [7, 11) is 0. The number of carbonyl (C=O) groups excluding carboxylic acids is 1. The zero-order chi connectivity index (χ0) is 13.4. The molecule has 1 aromatic carbocycles. The Labute approximate surface area is 114 Å². The van der Waals surface area contributed by atoms with Gasteiger partial charge in [0.15, 0.2) is 0 Å². The van der Waals surface area contributed by atoms with Gasteiger partial charge in [0.1, 0.15) is 5.69 Å². The number of fused-ring (bicyclic) bond motifs is 1. The Bertz CT molecular complexity index is 659. The van der Waals surface area contributed by atoms with Gasteiger partial charge in [0.05, 0.1) is 5.56 Å². The minimum Gasteiger partial charge on any atom is -0.352 e. The highest BCUT2D eigenvalue weighted by atomic mass is 32.1. The zero-order valence-electron chi connectivity index (χ0n) is 10.6. The lowest BCUT2D eigenvalue weighted by atomic mass is 10.1. The van der Waals surface area contributed by atoms with Gasteiger partial charge in [-0.2, -0.15) is 0 Å². The van der Waals surface area contributed by atoms with Crippen LogP contribution in [0.5, 0.6) is 0 Å². The van der Waals surface area contributed by atoms with Gasteiger partial charge in [0.25, 0.3) is 5.91 Å². The molecule has 1 saturated carbocycles. The van der Waals surface area contributed by atoms with Gasteiger partial charge in [0.2, 0.25) is 0 Å². The van der Waals surface area contributed by atoms with Crippen LogP contribution < -0.4 is 5.32 Å². The molecule has 98 valence electrons. The predicted molar refractivity (Wildman–Crippen MR) is 77.1 cm³/mol. The van der Waals surface area contributed by atoms with Crippen LogP contribution in [0.2, 0.25) is 0 Å². The van der Waals surface area contributed by atoms with Gasteiger partial charge >= 0.3 is 0 Å². The van der Waals surface area contributed by atoms with Crippen LogP contribution in [0.1, 0.15) is 28.1 Å². The number of nitrogens with zero attached hydrogens (tertiary/aromatic N) is 1. The summed E-state index contributed by atoms with van der Waals surface area (Å²) in [5, 5.41) is 6.83. The van der Waals surface area contributed by atoms with E-state index in [0.717, 1.165) is 27.1 Å². The van der Waals surface area contributed by atoms with Gasteiger partial charge in [-0.1, -0.05) is 6.07 Å². The highest BCUT2D eigenvalue weighted by Gasteiger charge is 2.23. The minimum atomic E-state index is -0.0116. The van der Waals surface area contributed by atoms with Crippen LogP contribution in [0.3, 0.4) is 0 Å². The summed E-state index contributed by atoms with van der Waals surface area (Å²) in [6, 6.07) is 5.19. The van der Waals surface area contributed by atoms with Gasteiger partial charge < -0.3 is 5.32 Å². The van der Waals surface area contributed by atoms with E-state index in [4.69, 9.17) is 0 Å². The van der Waals surface area contributed by atoms with Crippen molar-refractivity contribution >= 4 is 33.0 Å². The van der Waals surface area contributed by atoms with E-state index in [1.54, 1.807) is 12.1 Å². The van der Waals surface area contributed by atoms with Crippen LogP contribution in [0, 0.1) is 17.7 Å². The fourth-order valence-corrected chi connectivity index (χ4v) is 3.29. The fourth-order valence-electron chi connectivity index (χ4n) is 2.19. The summed E-state index contributed by atoms with van der Waals surface area (Å²) in [4.78, 5) is 23.8. The maximum absolute atomic E-state index is 12.2. The zero-order valence-corrected chi connectivity index (χ0v) is 11.4. The first-order chi connectivity index (χ1) is 9.19. The lowest BCUT2D eigenvalue weighted by Gasteiger charge is -2.04. The molecule has 3 rings (SSSR count). The Morgan fingerprint density at radius 1 is 1.47 bits per heavy atom. The van der Waals surface area contributed by atoms with Crippen LogP contribution in [0.15, 0.2) is 23.4 Å². The Hall–Kier alpha value is -1.75. The molecule has 1 N–H and O–H groups in total. The third-order valence-electron chi connectivity index (χ3n) is 3.43. The van der Waals surface area contributed by atoms with E-state index in [0.29, 0.717) is 11.6 Å². The number of amides is 1. The summed E-state index contributed by atoms with van der Waals surface area (Å²) < 4.78 is 0.936. The molecule has 4 nitrogen and oxygen atoms in total. The molecule has 0 aliphatic heterocycles. The second-order valence-electron chi connectivity index (χ2n) is 4.96. The number of hydrogen-bond donors (Lipinski definition) is 1. The van der Waals surface area contributed by atoms with Crippen LogP contribution in [-0.4, -0.2) is 12.5 Å². The first-order valence-corrected chi connectivity index (χ1v) is 7.15. The molecule has 1 heterocycles. The average Bonchev–Trinajstić information content (AvgIpc) is 3.17. The maximum Gasteiger partial charge on any atom is 0.253 e. The molecule has 0 bridgehead atoms. The Balaban J connectivity index is 1.94. The fraction of sp³-hybridized carbons (Fsp3) is 0.357. The van der Waals surface area contributed by atoms with Gasteiger partial charge in [-0.25, -0.2) is 0 Å². The van der Waals surface area contributed by atoms with Crippen molar-refractivity contribution in [1.29, 1.82) is 0 Å². The van der Waals surface area contributed by atoms with Crippen molar-refractivity contribution in [2.75, 3.05) is 6.54 Å². The number of aryl methyl sites for hydroxylation is 1. The van der Waals surface area contributed by atoms with Crippen molar-refractivity contribution in [2.45, 2.75) is 19.8 Å². The highest BCUT2D eigenvalue weighted by molar-refractivity contribution is 7.19. The molecule has 1 aliphatic rings. The smallest absolute Gasteiger partial charge is 0.253 e. The summed E-state index contributed by atoms with van der Waals surface area (Å²) in [6.45, 7) is 2.70. The predicted octanol–water partition coefficient (Wildman–Crippen LogP) is 3.75. The average molecular weight is 274 g/mol. The monoisotopic (exact) mass is 274 g/mol. The number of nitrogens with one attached hydrogen (secondary N) is 1. The molecular weight excluding hydrogens is 260 g/mol. The Kier molecular flexibility index (Phi) is 3.06. The highest BCUT2D eigenvalue weighted by Crippen LogP contribution is 2.34. The molecule has 2 aromatic rings. The van der Waals surface area contributed by atoms with Gasteiger partial charge in [-0.15, -0.1) is 16.2 Å². The van der Waals surface area contributed by atoms with E-state index >= 15 is 0 Å². The van der Waals surface area contributed by atoms with E-state index in [2.05, 4.69) is 10.5 Å². The molecular formula is C14H14N2O2S. The summed E-state index contributed by atoms with van der Waals surface area (Å²) in [6.07, 6.45) is 2.44. The normalized spacial score (nSPS) is 14.6. The van der Waals surface area contributed by atoms with Gasteiger partial charge in [0, 0.05) is 21.5 Å². The second-order valence-corrected chi connectivity index (χ2v) is 6.21. The third kappa shape index (κ3) is 2.38. The second kappa shape index (κ2) is 4.74. The quantitative estimate of drug-likeness (QED) is 0.863. The van der Waals surface area contributed by atoms with E-state index in [9.17, 15) is 9.70 Å². The summed E-state index contributed by atoms with van der Waals surface area (Å²) in [5.74, 6) is 0.655. The number of hydrogen-bond acceptors (Lipinski definition) is 4. The molecule has 5 heteroatoms. The molecule has 1 amide bonds. The van der Waals surface area contributed by atoms with Crippen LogP contribution in [-0.2, 0) is 0 Å². The SMILES string of the molecule is Cc1sc2cc(N=O)ccc2c1C(=O)NCC1CC1. The third-order valence-corrected chi connectivity index (χ3v) is 4.50. The van der Waals surface area contributed by atoms with E-state index in [1.165, 1.54) is 24.2 Å². The molecule has 19 heavy (non-hydrogen) atoms. The first-order valence-electron chi connectivity index (χ1n) is 6.33. The van der Waals surface area contributed by atoms with Crippen molar-refractivity contribution in [3.63, 3.8) is 0 Å². The van der Waals surface area contributed by atoms with Crippen LogP contribution in [0.4, 0.5) is 5.69 Å². The van der Waals surface area contributed by atoms with Crippen molar-refractivity contribution < 1.29 is 4.79 Å². The summed E-state index contributed by atoms with van der Waals surface area (Å²) in [5.41, 5.74) is 1.14. The molecule has 0 radical (unpaired) electrons. The molecule has 0 saturated heterocycles. The minimum absolute atomic E-state index is 0.0116. The number of benzene rings is 1. The maximum atomic E-state index is 12.2. The molecule has 0 spiro atoms. The summed E-state index contributed by atoms with van der Waals surface area (Å²) >= 11 is 1.53. The molecule has 0 unspecified atom stereocenters. The van der Waals surface area contributed by atoms with Crippen molar-refractivity contribution in [1.82, 2.24) is 5.32 Å². The largest absolute Gasteiger partial charge is 0.352 e. The van der Waals surface area contributed by atoms with E-state index < -0.39 is 0 Å². The van der Waals surface area contributed by atoms with E-state index in [-0.39, 0.29) is 5.91 Å². The standard InChI is InChI=1S/C14H14N2O2S/c1-8-13(14(17)15-7-9-2-3-9)11-5-4-10(16-18)6-12(11)19-8/h4-6,9H,2-3,7H2,1H3,(H,15,17). The molecule has 1 fully saturated rings.